The maximum Gasteiger partial charge on any atom is 0.281 e. The number of nitro benzene ring substituents is 1. The van der Waals surface area contributed by atoms with Crippen LogP contribution in [-0.2, 0) is 0 Å². The van der Waals surface area contributed by atoms with Gasteiger partial charge in [-0.2, -0.15) is 5.26 Å². The third-order valence-electron chi connectivity index (χ3n) is 3.59. The predicted octanol–water partition coefficient (Wildman–Crippen LogP) is 5.71. The van der Waals surface area contributed by atoms with E-state index in [4.69, 9.17) is 16.0 Å². The maximum atomic E-state index is 13.3. The molecule has 3 rings (SSSR count). The Hall–Kier alpha value is -3.43. The molecule has 3 aromatic rings. The number of allylic oxidation sites excluding steroid dienone is 1. The molecule has 0 radical (unpaired) electrons. The van der Waals surface area contributed by atoms with Gasteiger partial charge in [0.05, 0.1) is 22.1 Å². The first-order chi connectivity index (χ1) is 12.5. The van der Waals surface area contributed by atoms with Crippen LogP contribution in [0, 0.1) is 27.3 Å². The molecule has 26 heavy (non-hydrogen) atoms. The molecule has 1 heterocycles. The normalized spacial score (nSPS) is 11.2. The summed E-state index contributed by atoms with van der Waals surface area (Å²) in [6.45, 7) is 0. The van der Waals surface area contributed by atoms with E-state index in [2.05, 4.69) is 0 Å². The number of halogens is 2. The van der Waals surface area contributed by atoms with Gasteiger partial charge in [-0.15, -0.1) is 0 Å². The van der Waals surface area contributed by atoms with Crippen LogP contribution in [0.3, 0.4) is 0 Å². The molecule has 0 aliphatic heterocycles. The van der Waals surface area contributed by atoms with Crippen molar-refractivity contribution in [1.29, 1.82) is 5.26 Å². The summed E-state index contributed by atoms with van der Waals surface area (Å²) in [4.78, 5) is 10.7. The average molecular weight is 369 g/mol. The van der Waals surface area contributed by atoms with Gasteiger partial charge >= 0.3 is 0 Å². The van der Waals surface area contributed by atoms with Crippen LogP contribution in [0.1, 0.15) is 11.3 Å². The molecule has 0 bridgehead atoms. The van der Waals surface area contributed by atoms with Crippen LogP contribution < -0.4 is 0 Å². The Morgan fingerprint density at radius 2 is 2.04 bits per heavy atom. The second kappa shape index (κ2) is 7.21. The molecule has 7 heteroatoms. The van der Waals surface area contributed by atoms with E-state index in [0.717, 1.165) is 0 Å². The molecule has 0 N–H and O–H groups in total. The largest absolute Gasteiger partial charge is 0.456 e. The summed E-state index contributed by atoms with van der Waals surface area (Å²) in [6.07, 6.45) is 1.44. The van der Waals surface area contributed by atoms with Crippen molar-refractivity contribution in [3.05, 3.63) is 86.9 Å². The molecule has 0 aliphatic rings. The third-order valence-corrected chi connectivity index (χ3v) is 3.83. The van der Waals surface area contributed by atoms with Crippen LogP contribution in [0.15, 0.2) is 59.0 Å². The number of rotatable bonds is 4. The monoisotopic (exact) mass is 368 g/mol. The first-order valence-corrected chi connectivity index (χ1v) is 7.77. The van der Waals surface area contributed by atoms with Crippen LogP contribution in [0.25, 0.3) is 23.0 Å². The Balaban J connectivity index is 2.01. The number of nitriles is 1. The van der Waals surface area contributed by atoms with E-state index >= 15 is 0 Å². The molecule has 0 spiro atoms. The molecular formula is C19H10ClFN2O3. The Morgan fingerprint density at radius 3 is 2.73 bits per heavy atom. The Labute approximate surface area is 152 Å². The Morgan fingerprint density at radius 1 is 1.23 bits per heavy atom. The Kier molecular flexibility index (Phi) is 4.83. The van der Waals surface area contributed by atoms with E-state index in [9.17, 15) is 19.8 Å². The lowest BCUT2D eigenvalue weighted by Crippen LogP contribution is -1.91. The third kappa shape index (κ3) is 3.63. The van der Waals surface area contributed by atoms with Crippen molar-refractivity contribution >= 4 is 28.9 Å². The predicted molar refractivity (Wildman–Crippen MR) is 95.7 cm³/mol. The van der Waals surface area contributed by atoms with Crippen molar-refractivity contribution in [1.82, 2.24) is 0 Å². The molecule has 2 aromatic carbocycles. The highest BCUT2D eigenvalue weighted by atomic mass is 35.5. The minimum absolute atomic E-state index is 0.187. The fourth-order valence-electron chi connectivity index (χ4n) is 2.42. The second-order valence-corrected chi connectivity index (χ2v) is 5.74. The SMILES string of the molecule is N#C/C(=C/c1ccc(-c2ccc(Cl)cc2[N+](=O)[O-])o1)c1cccc(F)c1. The van der Waals surface area contributed by atoms with Crippen molar-refractivity contribution in [3.63, 3.8) is 0 Å². The summed E-state index contributed by atoms with van der Waals surface area (Å²) >= 11 is 5.81. The van der Waals surface area contributed by atoms with Crippen molar-refractivity contribution in [3.8, 4) is 17.4 Å². The van der Waals surface area contributed by atoms with E-state index in [-0.39, 0.29) is 27.6 Å². The van der Waals surface area contributed by atoms with Gasteiger partial charge in [0.25, 0.3) is 5.69 Å². The van der Waals surface area contributed by atoms with Crippen LogP contribution in [0.2, 0.25) is 5.02 Å². The molecule has 128 valence electrons. The standard InChI is InChI=1S/C19H10ClFN2O3/c20-14-4-6-17(18(10-14)23(24)25)19-7-5-16(26-19)9-13(11-22)12-2-1-3-15(21)8-12/h1-10H/b13-9-. The molecule has 0 amide bonds. The van der Waals surface area contributed by atoms with Crippen LogP contribution in [-0.4, -0.2) is 4.92 Å². The van der Waals surface area contributed by atoms with Gasteiger partial charge in [-0.05, 0) is 48.0 Å². The number of nitro groups is 1. The average Bonchev–Trinajstić information content (AvgIpc) is 3.08. The molecular weight excluding hydrogens is 359 g/mol. The molecule has 0 unspecified atom stereocenters. The van der Waals surface area contributed by atoms with Gasteiger partial charge in [0.2, 0.25) is 0 Å². The van der Waals surface area contributed by atoms with E-state index in [1.165, 1.54) is 42.5 Å². The van der Waals surface area contributed by atoms with Gasteiger partial charge in [0, 0.05) is 11.1 Å². The molecule has 1 aromatic heterocycles. The Bertz CT molecular complexity index is 1070. The van der Waals surface area contributed by atoms with Crippen LogP contribution >= 0.6 is 11.6 Å². The highest BCUT2D eigenvalue weighted by molar-refractivity contribution is 6.30. The van der Waals surface area contributed by atoms with Crippen molar-refractivity contribution < 1.29 is 13.7 Å². The van der Waals surface area contributed by atoms with Gasteiger partial charge < -0.3 is 4.42 Å². The summed E-state index contributed by atoms with van der Waals surface area (Å²) in [5.74, 6) is 0.113. The maximum absolute atomic E-state index is 13.3. The zero-order valence-electron chi connectivity index (χ0n) is 13.1. The zero-order chi connectivity index (χ0) is 18.7. The highest BCUT2D eigenvalue weighted by Crippen LogP contribution is 2.34. The summed E-state index contributed by atoms with van der Waals surface area (Å²) in [7, 11) is 0. The second-order valence-electron chi connectivity index (χ2n) is 5.30. The number of benzene rings is 2. The minimum Gasteiger partial charge on any atom is -0.456 e. The molecule has 5 nitrogen and oxygen atoms in total. The van der Waals surface area contributed by atoms with Gasteiger partial charge in [0.15, 0.2) is 0 Å². The molecule has 0 fully saturated rings. The zero-order valence-corrected chi connectivity index (χ0v) is 13.9. The number of nitrogens with zero attached hydrogens (tertiary/aromatic N) is 2. The molecule has 0 saturated heterocycles. The highest BCUT2D eigenvalue weighted by Gasteiger charge is 2.18. The lowest BCUT2D eigenvalue weighted by atomic mass is 10.1. The fraction of sp³-hybridized carbons (Fsp3) is 0. The fourth-order valence-corrected chi connectivity index (χ4v) is 2.58. The van der Waals surface area contributed by atoms with Crippen molar-refractivity contribution in [2.24, 2.45) is 0 Å². The minimum atomic E-state index is -0.549. The van der Waals surface area contributed by atoms with E-state index in [1.54, 1.807) is 18.2 Å². The molecule has 0 atom stereocenters. The lowest BCUT2D eigenvalue weighted by Gasteiger charge is -2.01. The van der Waals surface area contributed by atoms with Gasteiger partial charge in [-0.1, -0.05) is 23.7 Å². The van der Waals surface area contributed by atoms with Crippen molar-refractivity contribution in [2.75, 3.05) is 0 Å². The summed E-state index contributed by atoms with van der Waals surface area (Å²) < 4.78 is 19.0. The number of hydrogen-bond acceptors (Lipinski definition) is 4. The van der Waals surface area contributed by atoms with Crippen LogP contribution in [0.5, 0.6) is 0 Å². The smallest absolute Gasteiger partial charge is 0.281 e. The summed E-state index contributed by atoms with van der Waals surface area (Å²) in [5, 5.41) is 20.8. The summed E-state index contributed by atoms with van der Waals surface area (Å²) in [6, 6.07) is 15.0. The van der Waals surface area contributed by atoms with E-state index < -0.39 is 10.7 Å². The number of furan rings is 1. The lowest BCUT2D eigenvalue weighted by molar-refractivity contribution is -0.384. The molecule has 0 aliphatic carbocycles. The van der Waals surface area contributed by atoms with Gasteiger partial charge in [-0.3, -0.25) is 10.1 Å². The van der Waals surface area contributed by atoms with Crippen LogP contribution in [0.4, 0.5) is 10.1 Å². The first-order valence-electron chi connectivity index (χ1n) is 7.40. The quantitative estimate of drug-likeness (QED) is 0.335. The van der Waals surface area contributed by atoms with Gasteiger partial charge in [-0.25, -0.2) is 4.39 Å². The number of hydrogen-bond donors (Lipinski definition) is 0. The first kappa shape index (κ1) is 17.4. The summed E-state index contributed by atoms with van der Waals surface area (Å²) in [5.41, 5.74) is 0.690. The molecule has 0 saturated carbocycles. The topological polar surface area (TPSA) is 80.1 Å². The van der Waals surface area contributed by atoms with Gasteiger partial charge in [0.1, 0.15) is 17.3 Å². The van der Waals surface area contributed by atoms with Crippen molar-refractivity contribution in [2.45, 2.75) is 0 Å². The van der Waals surface area contributed by atoms with E-state index in [0.29, 0.717) is 11.3 Å². The van der Waals surface area contributed by atoms with E-state index in [1.807, 2.05) is 6.07 Å².